The van der Waals surface area contributed by atoms with Crippen LogP contribution in [0.3, 0.4) is 0 Å². The van der Waals surface area contributed by atoms with E-state index >= 15 is 0 Å². The van der Waals surface area contributed by atoms with E-state index in [2.05, 4.69) is 51.6 Å². The maximum absolute atomic E-state index is 11.2. The van der Waals surface area contributed by atoms with Gasteiger partial charge < -0.3 is 15.2 Å². The summed E-state index contributed by atoms with van der Waals surface area (Å²) in [4.78, 5) is 7.04. The molecule has 1 aromatic heterocycles. The van der Waals surface area contributed by atoms with E-state index in [1.54, 1.807) is 13.3 Å². The molecule has 0 saturated carbocycles. The average molecular weight is 444 g/mol. The molecule has 2 aliphatic rings. The summed E-state index contributed by atoms with van der Waals surface area (Å²) in [6.45, 7) is 1.57. The minimum absolute atomic E-state index is 0.538. The number of methoxy groups -OCH3 is 1. The Labute approximate surface area is 196 Å². The van der Waals surface area contributed by atoms with Gasteiger partial charge in [-0.15, -0.1) is 0 Å². The molecule has 0 aliphatic carbocycles. The molecule has 2 saturated heterocycles. The topological polar surface area (TPSA) is 57.6 Å². The number of benzene rings is 2. The van der Waals surface area contributed by atoms with Gasteiger partial charge in [-0.05, 0) is 48.9 Å². The van der Waals surface area contributed by atoms with Crippen LogP contribution >= 0.6 is 0 Å². The molecule has 0 amide bonds. The van der Waals surface area contributed by atoms with Gasteiger partial charge in [0.15, 0.2) is 0 Å². The zero-order chi connectivity index (χ0) is 22.6. The number of hydrogen-bond acceptors (Lipinski definition) is 5. The first kappa shape index (κ1) is 22.1. The van der Waals surface area contributed by atoms with Gasteiger partial charge in [-0.1, -0.05) is 54.6 Å². The van der Waals surface area contributed by atoms with Gasteiger partial charge in [0.25, 0.3) is 0 Å². The molecule has 3 aromatic rings. The van der Waals surface area contributed by atoms with Gasteiger partial charge in [-0.3, -0.25) is 9.88 Å². The Morgan fingerprint density at radius 1 is 1.09 bits per heavy atom. The van der Waals surface area contributed by atoms with Crippen molar-refractivity contribution in [3.05, 3.63) is 78.0 Å². The molecule has 2 fully saturated rings. The molecule has 172 valence electrons. The van der Waals surface area contributed by atoms with Crippen molar-refractivity contribution in [2.75, 3.05) is 20.2 Å². The summed E-state index contributed by atoms with van der Waals surface area (Å²) in [5.74, 6) is 0.745. The van der Waals surface area contributed by atoms with E-state index in [1.165, 1.54) is 18.4 Å². The number of nitrogens with one attached hydrogen (secondary N) is 1. The molecule has 3 unspecified atom stereocenters. The normalized spacial score (nSPS) is 23.9. The third-order valence-electron chi connectivity index (χ3n) is 7.25. The summed E-state index contributed by atoms with van der Waals surface area (Å²) in [6.07, 6.45) is 10.4. The summed E-state index contributed by atoms with van der Waals surface area (Å²) < 4.78 is 5.47. The second kappa shape index (κ2) is 10.0. The Bertz CT molecular complexity index is 1090. The van der Waals surface area contributed by atoms with Gasteiger partial charge in [-0.25, -0.2) is 0 Å². The predicted octanol–water partition coefficient (Wildman–Crippen LogP) is 4.58. The molecule has 2 N–H and O–H groups in total. The van der Waals surface area contributed by atoms with Crippen LogP contribution in [-0.2, 0) is 0 Å². The zero-order valence-corrected chi connectivity index (χ0v) is 19.2. The molecule has 33 heavy (non-hydrogen) atoms. The lowest BCUT2D eigenvalue weighted by Gasteiger charge is -2.40. The van der Waals surface area contributed by atoms with Crippen molar-refractivity contribution < 1.29 is 9.84 Å². The number of ether oxygens (including phenoxy) is 1. The largest absolute Gasteiger partial charge is 0.494 e. The molecule has 3 heterocycles. The monoisotopic (exact) mass is 443 g/mol. The molecule has 5 nitrogen and oxygen atoms in total. The summed E-state index contributed by atoms with van der Waals surface area (Å²) >= 11 is 0. The van der Waals surface area contributed by atoms with Crippen molar-refractivity contribution in [1.29, 1.82) is 0 Å². The molecule has 2 aromatic carbocycles. The van der Waals surface area contributed by atoms with Crippen molar-refractivity contribution in [3.8, 4) is 5.75 Å². The predicted molar refractivity (Wildman–Crippen MR) is 133 cm³/mol. The number of hydrogen-bond donors (Lipinski definition) is 2. The van der Waals surface area contributed by atoms with E-state index in [0.717, 1.165) is 41.6 Å². The minimum Gasteiger partial charge on any atom is -0.494 e. The standard InChI is InChI=1S/C28H33N3O2/c1-33-27-11-5-10-25-24(14-16-30-28(25)27)26(32)19-31-22-12-13-23(31)18-21(17-22)29-15-6-9-20-7-3-2-4-8-20/h2-11,14,16,21-23,26,29,32H,12-13,15,17-19H2,1H3. The van der Waals surface area contributed by atoms with E-state index < -0.39 is 6.10 Å². The molecule has 0 radical (unpaired) electrons. The van der Waals surface area contributed by atoms with Gasteiger partial charge in [0, 0.05) is 42.8 Å². The van der Waals surface area contributed by atoms with Crippen molar-refractivity contribution >= 4 is 17.0 Å². The summed E-state index contributed by atoms with van der Waals surface area (Å²) in [5.41, 5.74) is 2.99. The molecule has 5 rings (SSSR count). The summed E-state index contributed by atoms with van der Waals surface area (Å²) in [5, 5.41) is 15.9. The Morgan fingerprint density at radius 3 is 2.64 bits per heavy atom. The third kappa shape index (κ3) is 4.81. The number of fused-ring (bicyclic) bond motifs is 3. The van der Waals surface area contributed by atoms with Gasteiger partial charge >= 0.3 is 0 Å². The molecule has 3 atom stereocenters. The molecule has 2 aliphatic heterocycles. The lowest BCUT2D eigenvalue weighted by atomic mass is 9.95. The van der Waals surface area contributed by atoms with Crippen molar-refractivity contribution in [2.24, 2.45) is 0 Å². The Balaban J connectivity index is 1.20. The molecular formula is C28H33N3O2. The number of rotatable bonds is 8. The number of aromatic nitrogens is 1. The van der Waals surface area contributed by atoms with Crippen molar-refractivity contribution in [2.45, 2.75) is 49.9 Å². The minimum atomic E-state index is -0.538. The van der Waals surface area contributed by atoms with Crippen LogP contribution in [0, 0.1) is 0 Å². The van der Waals surface area contributed by atoms with E-state index in [1.807, 2.05) is 30.3 Å². The first-order chi connectivity index (χ1) is 16.2. The lowest BCUT2D eigenvalue weighted by Crippen LogP contribution is -2.50. The van der Waals surface area contributed by atoms with Crippen LogP contribution in [0.5, 0.6) is 5.75 Å². The molecular weight excluding hydrogens is 410 g/mol. The van der Waals surface area contributed by atoms with E-state index in [0.29, 0.717) is 24.7 Å². The van der Waals surface area contributed by atoms with Crippen LogP contribution in [0.25, 0.3) is 17.0 Å². The first-order valence-corrected chi connectivity index (χ1v) is 12.0. The van der Waals surface area contributed by atoms with E-state index in [9.17, 15) is 5.11 Å². The first-order valence-electron chi connectivity index (χ1n) is 12.0. The maximum Gasteiger partial charge on any atom is 0.145 e. The Kier molecular flexibility index (Phi) is 6.72. The van der Waals surface area contributed by atoms with Gasteiger partial charge in [0.2, 0.25) is 0 Å². The van der Waals surface area contributed by atoms with Crippen LogP contribution < -0.4 is 10.1 Å². The van der Waals surface area contributed by atoms with E-state index in [-0.39, 0.29) is 0 Å². The van der Waals surface area contributed by atoms with Gasteiger partial charge in [0.05, 0.1) is 13.2 Å². The number of nitrogens with zero attached hydrogens (tertiary/aromatic N) is 2. The Hall–Kier alpha value is -2.73. The fourth-order valence-electron chi connectivity index (χ4n) is 5.66. The van der Waals surface area contributed by atoms with E-state index in [4.69, 9.17) is 4.74 Å². The maximum atomic E-state index is 11.2. The fraction of sp³-hybridized carbons (Fsp3) is 0.393. The second-order valence-electron chi connectivity index (χ2n) is 9.24. The smallest absolute Gasteiger partial charge is 0.145 e. The van der Waals surface area contributed by atoms with Crippen LogP contribution in [0.2, 0.25) is 0 Å². The highest BCUT2D eigenvalue weighted by molar-refractivity contribution is 5.87. The third-order valence-corrected chi connectivity index (χ3v) is 7.25. The zero-order valence-electron chi connectivity index (χ0n) is 19.2. The Morgan fingerprint density at radius 2 is 1.88 bits per heavy atom. The highest BCUT2D eigenvalue weighted by Gasteiger charge is 2.41. The van der Waals surface area contributed by atoms with Crippen LogP contribution in [0.15, 0.2) is 66.9 Å². The number of pyridine rings is 1. The SMILES string of the molecule is COc1cccc2c(C(O)CN3C4CCC3CC(NCC=Cc3ccccc3)C4)ccnc12. The number of piperidine rings is 1. The number of aliphatic hydroxyl groups is 1. The highest BCUT2D eigenvalue weighted by Crippen LogP contribution is 2.38. The summed E-state index contributed by atoms with van der Waals surface area (Å²) in [7, 11) is 1.66. The fourth-order valence-corrected chi connectivity index (χ4v) is 5.66. The van der Waals surface area contributed by atoms with Crippen LogP contribution in [0.4, 0.5) is 0 Å². The summed E-state index contributed by atoms with van der Waals surface area (Å²) in [6, 6.07) is 19.9. The van der Waals surface area contributed by atoms with Gasteiger partial charge in [-0.2, -0.15) is 0 Å². The number of para-hydroxylation sites is 1. The molecule has 0 spiro atoms. The van der Waals surface area contributed by atoms with Gasteiger partial charge in [0.1, 0.15) is 11.3 Å². The lowest BCUT2D eigenvalue weighted by molar-refractivity contribution is 0.0529. The van der Waals surface area contributed by atoms with Crippen LogP contribution in [-0.4, -0.2) is 53.3 Å². The highest BCUT2D eigenvalue weighted by atomic mass is 16.5. The average Bonchev–Trinajstić information content (AvgIpc) is 3.08. The molecule has 2 bridgehead atoms. The van der Waals surface area contributed by atoms with Crippen molar-refractivity contribution in [1.82, 2.24) is 15.2 Å². The van der Waals surface area contributed by atoms with Crippen LogP contribution in [0.1, 0.15) is 42.9 Å². The van der Waals surface area contributed by atoms with Crippen molar-refractivity contribution in [3.63, 3.8) is 0 Å². The molecule has 5 heteroatoms. The quantitative estimate of drug-likeness (QED) is 0.534. The number of aliphatic hydroxyl groups excluding tert-OH is 1. The second-order valence-corrected chi connectivity index (χ2v) is 9.24.